The highest BCUT2D eigenvalue weighted by atomic mass is 79.9. The van der Waals surface area contributed by atoms with E-state index in [-0.39, 0.29) is 11.5 Å². The van der Waals surface area contributed by atoms with Gasteiger partial charge >= 0.3 is 5.97 Å². The minimum Gasteiger partial charge on any atom is -0.464 e. The lowest BCUT2D eigenvalue weighted by molar-refractivity contribution is 0.0585. The van der Waals surface area contributed by atoms with Crippen molar-refractivity contribution in [1.29, 1.82) is 0 Å². The number of hydrogen-bond acceptors (Lipinski definition) is 3. The SMILES string of the molecule is CNC(C)(C)Cn1cc(C)c(Br)c1C(=O)OC. The van der Waals surface area contributed by atoms with Crippen LogP contribution in [0, 0.1) is 6.92 Å². The molecule has 1 heterocycles. The average molecular weight is 303 g/mol. The molecule has 0 aromatic carbocycles. The van der Waals surface area contributed by atoms with Crippen molar-refractivity contribution in [3.05, 3.63) is 21.9 Å². The van der Waals surface area contributed by atoms with Crippen LogP contribution in [0.5, 0.6) is 0 Å². The molecule has 0 aliphatic rings. The zero-order chi connectivity index (χ0) is 13.2. The summed E-state index contributed by atoms with van der Waals surface area (Å²) in [7, 11) is 3.30. The molecule has 1 rings (SSSR count). The molecule has 96 valence electrons. The van der Waals surface area contributed by atoms with Gasteiger partial charge in [-0.05, 0) is 49.3 Å². The van der Waals surface area contributed by atoms with E-state index in [4.69, 9.17) is 4.74 Å². The van der Waals surface area contributed by atoms with E-state index in [2.05, 4.69) is 35.1 Å². The van der Waals surface area contributed by atoms with Crippen molar-refractivity contribution in [1.82, 2.24) is 9.88 Å². The van der Waals surface area contributed by atoms with E-state index in [9.17, 15) is 4.79 Å². The summed E-state index contributed by atoms with van der Waals surface area (Å²) in [5, 5.41) is 3.21. The molecule has 0 unspecified atom stereocenters. The Morgan fingerprint density at radius 2 is 2.18 bits per heavy atom. The molecule has 0 amide bonds. The van der Waals surface area contributed by atoms with Crippen molar-refractivity contribution in [2.75, 3.05) is 14.2 Å². The van der Waals surface area contributed by atoms with E-state index >= 15 is 0 Å². The normalized spacial score (nSPS) is 11.6. The van der Waals surface area contributed by atoms with Crippen LogP contribution in [0.3, 0.4) is 0 Å². The van der Waals surface area contributed by atoms with Gasteiger partial charge in [0.15, 0.2) is 0 Å². The van der Waals surface area contributed by atoms with Crippen LogP contribution in [-0.4, -0.2) is 30.2 Å². The van der Waals surface area contributed by atoms with Crippen molar-refractivity contribution in [3.63, 3.8) is 0 Å². The Labute approximate surface area is 110 Å². The highest BCUT2D eigenvalue weighted by molar-refractivity contribution is 9.10. The number of halogens is 1. The number of likely N-dealkylation sites (N-methyl/N-ethyl adjacent to an activating group) is 1. The molecule has 1 N–H and O–H groups in total. The largest absolute Gasteiger partial charge is 0.464 e. The number of aromatic nitrogens is 1. The van der Waals surface area contributed by atoms with Gasteiger partial charge in [-0.15, -0.1) is 0 Å². The van der Waals surface area contributed by atoms with Crippen LogP contribution in [0.4, 0.5) is 0 Å². The van der Waals surface area contributed by atoms with Gasteiger partial charge in [0.25, 0.3) is 0 Å². The second-order valence-corrected chi connectivity index (χ2v) is 5.52. The molecule has 5 heteroatoms. The minimum absolute atomic E-state index is 0.0896. The Morgan fingerprint density at radius 3 is 2.65 bits per heavy atom. The van der Waals surface area contributed by atoms with Gasteiger partial charge in [0, 0.05) is 18.3 Å². The number of nitrogens with one attached hydrogen (secondary N) is 1. The average Bonchev–Trinajstić information content (AvgIpc) is 2.53. The highest BCUT2D eigenvalue weighted by Crippen LogP contribution is 2.25. The number of carbonyl (C=O) groups is 1. The smallest absolute Gasteiger partial charge is 0.355 e. The molecular formula is C12H19BrN2O2. The van der Waals surface area contributed by atoms with Gasteiger partial charge in [-0.25, -0.2) is 4.79 Å². The fraction of sp³-hybridized carbons (Fsp3) is 0.583. The predicted octanol–water partition coefficient (Wildman–Crippen LogP) is 2.34. The topological polar surface area (TPSA) is 43.3 Å². The first kappa shape index (κ1) is 14.3. The standard InChI is InChI=1S/C12H19BrN2O2/c1-8-6-15(7-12(2,3)14-4)10(9(8)13)11(16)17-5/h6,14H,7H2,1-5H3. The Bertz CT molecular complexity index is 424. The van der Waals surface area contributed by atoms with Crippen LogP contribution in [0.2, 0.25) is 0 Å². The van der Waals surface area contributed by atoms with Gasteiger partial charge in [-0.2, -0.15) is 0 Å². The molecule has 0 spiro atoms. The summed E-state index contributed by atoms with van der Waals surface area (Å²) in [6.07, 6.45) is 1.95. The molecule has 4 nitrogen and oxygen atoms in total. The van der Waals surface area contributed by atoms with Crippen LogP contribution < -0.4 is 5.32 Å². The Morgan fingerprint density at radius 1 is 1.59 bits per heavy atom. The second-order valence-electron chi connectivity index (χ2n) is 4.73. The van der Waals surface area contributed by atoms with Crippen molar-refractivity contribution >= 4 is 21.9 Å². The molecule has 0 aliphatic heterocycles. The fourth-order valence-corrected chi connectivity index (χ4v) is 2.09. The molecule has 0 atom stereocenters. The zero-order valence-corrected chi connectivity index (χ0v) is 12.5. The number of nitrogens with zero attached hydrogens (tertiary/aromatic N) is 1. The van der Waals surface area contributed by atoms with E-state index in [1.807, 2.05) is 24.7 Å². The second kappa shape index (κ2) is 5.23. The van der Waals surface area contributed by atoms with Gasteiger partial charge in [0.1, 0.15) is 5.69 Å². The van der Waals surface area contributed by atoms with E-state index in [1.165, 1.54) is 7.11 Å². The van der Waals surface area contributed by atoms with Gasteiger partial charge < -0.3 is 14.6 Å². The van der Waals surface area contributed by atoms with E-state index < -0.39 is 0 Å². The predicted molar refractivity (Wildman–Crippen MR) is 71.3 cm³/mol. The number of rotatable bonds is 4. The van der Waals surface area contributed by atoms with E-state index in [1.54, 1.807) is 0 Å². The van der Waals surface area contributed by atoms with Gasteiger partial charge in [-0.3, -0.25) is 0 Å². The van der Waals surface area contributed by atoms with Gasteiger partial charge in [-0.1, -0.05) is 0 Å². The molecular weight excluding hydrogens is 284 g/mol. The number of carbonyl (C=O) groups excluding carboxylic acids is 1. The lowest BCUT2D eigenvalue weighted by Gasteiger charge is -2.25. The quantitative estimate of drug-likeness (QED) is 0.868. The van der Waals surface area contributed by atoms with Crippen LogP contribution in [0.15, 0.2) is 10.7 Å². The molecule has 0 fully saturated rings. The number of aryl methyl sites for hydroxylation is 1. The van der Waals surface area contributed by atoms with Gasteiger partial charge in [0.2, 0.25) is 0 Å². The summed E-state index contributed by atoms with van der Waals surface area (Å²) in [6, 6.07) is 0. The zero-order valence-electron chi connectivity index (χ0n) is 10.9. The number of esters is 1. The third-order valence-electron chi connectivity index (χ3n) is 2.81. The van der Waals surface area contributed by atoms with Crippen molar-refractivity contribution < 1.29 is 9.53 Å². The first-order valence-electron chi connectivity index (χ1n) is 5.45. The molecule has 0 bridgehead atoms. The van der Waals surface area contributed by atoms with E-state index in [0.29, 0.717) is 12.2 Å². The summed E-state index contributed by atoms with van der Waals surface area (Å²) in [5.74, 6) is -0.322. The molecule has 1 aromatic rings. The number of ether oxygens (including phenoxy) is 1. The maximum Gasteiger partial charge on any atom is 0.355 e. The monoisotopic (exact) mass is 302 g/mol. The summed E-state index contributed by atoms with van der Waals surface area (Å²) < 4.78 is 7.53. The molecule has 1 aromatic heterocycles. The third-order valence-corrected chi connectivity index (χ3v) is 3.81. The van der Waals surface area contributed by atoms with Crippen LogP contribution in [0.25, 0.3) is 0 Å². The maximum atomic E-state index is 11.7. The van der Waals surface area contributed by atoms with Crippen molar-refractivity contribution in [3.8, 4) is 0 Å². The number of hydrogen-bond donors (Lipinski definition) is 1. The summed E-state index contributed by atoms with van der Waals surface area (Å²) in [4.78, 5) is 11.7. The maximum absolute atomic E-state index is 11.7. The van der Waals surface area contributed by atoms with Crippen LogP contribution >= 0.6 is 15.9 Å². The molecule has 0 radical (unpaired) electrons. The first-order chi connectivity index (χ1) is 7.82. The van der Waals surface area contributed by atoms with Gasteiger partial charge in [0.05, 0.1) is 11.6 Å². The Hall–Kier alpha value is -0.810. The molecule has 0 saturated heterocycles. The Balaban J connectivity index is 3.16. The van der Waals surface area contributed by atoms with Crippen molar-refractivity contribution in [2.24, 2.45) is 0 Å². The fourth-order valence-electron chi connectivity index (χ4n) is 1.60. The van der Waals surface area contributed by atoms with Crippen molar-refractivity contribution in [2.45, 2.75) is 32.9 Å². The number of methoxy groups -OCH3 is 1. The molecule has 17 heavy (non-hydrogen) atoms. The highest BCUT2D eigenvalue weighted by Gasteiger charge is 2.23. The molecule has 0 saturated carbocycles. The minimum atomic E-state index is -0.322. The molecule has 0 aliphatic carbocycles. The Kier molecular flexibility index (Phi) is 4.38. The summed E-state index contributed by atoms with van der Waals surface area (Å²) in [5.41, 5.74) is 1.50. The summed E-state index contributed by atoms with van der Waals surface area (Å²) >= 11 is 3.43. The van der Waals surface area contributed by atoms with Crippen LogP contribution in [-0.2, 0) is 11.3 Å². The third kappa shape index (κ3) is 3.10. The lowest BCUT2D eigenvalue weighted by atomic mass is 10.1. The lowest BCUT2D eigenvalue weighted by Crippen LogP contribution is -2.41. The summed E-state index contributed by atoms with van der Waals surface area (Å²) in [6.45, 7) is 6.81. The van der Waals surface area contributed by atoms with Crippen LogP contribution in [0.1, 0.15) is 29.9 Å². The first-order valence-corrected chi connectivity index (χ1v) is 6.24. The van der Waals surface area contributed by atoms with E-state index in [0.717, 1.165) is 10.0 Å².